The van der Waals surface area contributed by atoms with Gasteiger partial charge in [0.1, 0.15) is 5.82 Å². The van der Waals surface area contributed by atoms with Crippen molar-refractivity contribution in [1.82, 2.24) is 14.9 Å². The predicted molar refractivity (Wildman–Crippen MR) is 89.1 cm³/mol. The Bertz CT molecular complexity index is 919. The second kappa shape index (κ2) is 5.77. The van der Waals surface area contributed by atoms with Gasteiger partial charge in [-0.25, -0.2) is 9.78 Å². The number of benzene rings is 2. The third-order valence-electron chi connectivity index (χ3n) is 3.92. The number of fused-ring (bicyclic) bond motifs is 2. The molecule has 1 aliphatic rings. The number of nitrogens with one attached hydrogen (secondary N) is 2. The summed E-state index contributed by atoms with van der Waals surface area (Å²) in [5.74, 6) is 2.10. The summed E-state index contributed by atoms with van der Waals surface area (Å²) in [5.41, 5.74) is 2.58. The Hall–Kier alpha value is -3.22. The molecule has 3 aromatic rings. The molecule has 0 unspecified atom stereocenters. The van der Waals surface area contributed by atoms with Gasteiger partial charge in [-0.3, -0.25) is 0 Å². The van der Waals surface area contributed by atoms with Gasteiger partial charge in [0.15, 0.2) is 11.5 Å². The van der Waals surface area contributed by atoms with E-state index in [-0.39, 0.29) is 12.8 Å². The van der Waals surface area contributed by atoms with Crippen LogP contribution in [0.25, 0.3) is 11.0 Å². The Kier molecular flexibility index (Phi) is 3.45. The molecule has 0 spiro atoms. The third-order valence-corrected chi connectivity index (χ3v) is 3.92. The molecular weight excluding hydrogens is 308 g/mol. The lowest BCUT2D eigenvalue weighted by molar-refractivity contribution is 0.174. The first kappa shape index (κ1) is 14.4. The van der Waals surface area contributed by atoms with E-state index in [1.54, 1.807) is 18.2 Å². The van der Waals surface area contributed by atoms with E-state index in [9.17, 15) is 4.79 Å². The number of rotatable bonds is 3. The molecule has 0 fully saturated rings. The standard InChI is InChI=1S/C17H16N4O3/c1-21-13-5-3-2-4-12(13)20-16(21)9-18-17(22)19-11-6-7-14-15(8-11)24-10-23-14/h2-8H,9-10H2,1H3,(H2,18,19,22). The lowest BCUT2D eigenvalue weighted by Gasteiger charge is -2.08. The zero-order valence-corrected chi connectivity index (χ0v) is 13.1. The molecule has 0 aliphatic carbocycles. The van der Waals surface area contributed by atoms with Crippen molar-refractivity contribution in [3.05, 3.63) is 48.3 Å². The first-order valence-electron chi connectivity index (χ1n) is 7.55. The van der Waals surface area contributed by atoms with Crippen LogP contribution in [0.1, 0.15) is 5.82 Å². The first-order valence-corrected chi connectivity index (χ1v) is 7.55. The van der Waals surface area contributed by atoms with E-state index in [0.717, 1.165) is 16.9 Å². The van der Waals surface area contributed by atoms with Crippen molar-refractivity contribution in [3.8, 4) is 11.5 Å². The van der Waals surface area contributed by atoms with E-state index in [1.165, 1.54) is 0 Å². The molecule has 0 atom stereocenters. The molecule has 2 amide bonds. The number of carbonyl (C=O) groups is 1. The third kappa shape index (κ3) is 2.60. The quantitative estimate of drug-likeness (QED) is 0.776. The van der Waals surface area contributed by atoms with Crippen LogP contribution in [0.3, 0.4) is 0 Å². The SMILES string of the molecule is Cn1c(CNC(=O)Nc2ccc3c(c2)OCO3)nc2ccccc21. The molecule has 0 radical (unpaired) electrons. The van der Waals surface area contributed by atoms with Crippen molar-refractivity contribution < 1.29 is 14.3 Å². The fraction of sp³-hybridized carbons (Fsp3) is 0.176. The molecule has 7 nitrogen and oxygen atoms in total. The van der Waals surface area contributed by atoms with Gasteiger partial charge in [0, 0.05) is 18.8 Å². The number of carbonyl (C=O) groups excluding carboxylic acids is 1. The van der Waals surface area contributed by atoms with Crippen molar-refractivity contribution in [2.45, 2.75) is 6.54 Å². The highest BCUT2D eigenvalue weighted by Crippen LogP contribution is 2.34. The monoisotopic (exact) mass is 324 g/mol. The van der Waals surface area contributed by atoms with Crippen LogP contribution in [0, 0.1) is 0 Å². The molecule has 24 heavy (non-hydrogen) atoms. The highest BCUT2D eigenvalue weighted by atomic mass is 16.7. The molecular formula is C17H16N4O3. The van der Waals surface area contributed by atoms with Crippen LogP contribution < -0.4 is 20.1 Å². The number of nitrogens with zero attached hydrogens (tertiary/aromatic N) is 2. The maximum Gasteiger partial charge on any atom is 0.319 e. The van der Waals surface area contributed by atoms with Gasteiger partial charge in [0.2, 0.25) is 6.79 Å². The molecule has 2 heterocycles. The molecule has 2 aromatic carbocycles. The van der Waals surface area contributed by atoms with E-state index in [0.29, 0.717) is 23.7 Å². The summed E-state index contributed by atoms with van der Waals surface area (Å²) >= 11 is 0. The van der Waals surface area contributed by atoms with Gasteiger partial charge in [-0.05, 0) is 24.3 Å². The molecule has 1 aliphatic heterocycles. The van der Waals surface area contributed by atoms with E-state index in [2.05, 4.69) is 15.6 Å². The zero-order valence-electron chi connectivity index (χ0n) is 13.1. The van der Waals surface area contributed by atoms with Gasteiger partial charge < -0.3 is 24.7 Å². The van der Waals surface area contributed by atoms with Gasteiger partial charge in [0.05, 0.1) is 17.6 Å². The highest BCUT2D eigenvalue weighted by Gasteiger charge is 2.14. The fourth-order valence-electron chi connectivity index (χ4n) is 2.66. The number of hydrogen-bond donors (Lipinski definition) is 2. The zero-order chi connectivity index (χ0) is 16.5. The van der Waals surface area contributed by atoms with Crippen LogP contribution in [-0.2, 0) is 13.6 Å². The largest absolute Gasteiger partial charge is 0.454 e. The molecule has 1 aromatic heterocycles. The van der Waals surface area contributed by atoms with Crippen molar-refractivity contribution >= 4 is 22.8 Å². The molecule has 0 bridgehead atoms. The number of urea groups is 1. The number of aromatic nitrogens is 2. The Morgan fingerprint density at radius 1 is 1.21 bits per heavy atom. The number of amides is 2. The highest BCUT2D eigenvalue weighted by molar-refractivity contribution is 5.89. The summed E-state index contributed by atoms with van der Waals surface area (Å²) < 4.78 is 12.5. The van der Waals surface area contributed by atoms with Crippen molar-refractivity contribution in [1.29, 1.82) is 0 Å². The summed E-state index contributed by atoms with van der Waals surface area (Å²) in [6.45, 7) is 0.541. The fourth-order valence-corrected chi connectivity index (χ4v) is 2.66. The number of anilines is 1. The lowest BCUT2D eigenvalue weighted by Crippen LogP contribution is -2.29. The Labute approximate surface area is 138 Å². The summed E-state index contributed by atoms with van der Waals surface area (Å²) in [6.07, 6.45) is 0. The maximum absolute atomic E-state index is 12.1. The van der Waals surface area contributed by atoms with E-state index in [4.69, 9.17) is 9.47 Å². The Morgan fingerprint density at radius 3 is 2.92 bits per heavy atom. The smallest absolute Gasteiger partial charge is 0.319 e. The van der Waals surface area contributed by atoms with Gasteiger partial charge >= 0.3 is 6.03 Å². The molecule has 4 rings (SSSR count). The van der Waals surface area contributed by atoms with Crippen LogP contribution in [-0.4, -0.2) is 22.4 Å². The summed E-state index contributed by atoms with van der Waals surface area (Å²) in [7, 11) is 1.93. The molecule has 2 N–H and O–H groups in total. The minimum absolute atomic E-state index is 0.206. The number of aryl methyl sites for hydroxylation is 1. The topological polar surface area (TPSA) is 77.4 Å². The number of ether oxygens (including phenoxy) is 2. The lowest BCUT2D eigenvalue weighted by atomic mass is 10.3. The van der Waals surface area contributed by atoms with E-state index < -0.39 is 0 Å². The second-order valence-electron chi connectivity index (χ2n) is 5.45. The normalized spacial score (nSPS) is 12.4. The minimum Gasteiger partial charge on any atom is -0.454 e. The summed E-state index contributed by atoms with van der Waals surface area (Å²) in [6, 6.07) is 12.8. The van der Waals surface area contributed by atoms with Crippen LogP contribution in [0.2, 0.25) is 0 Å². The van der Waals surface area contributed by atoms with Gasteiger partial charge in [0.25, 0.3) is 0 Å². The second-order valence-corrected chi connectivity index (χ2v) is 5.45. The number of para-hydroxylation sites is 2. The van der Waals surface area contributed by atoms with Crippen molar-refractivity contribution in [2.75, 3.05) is 12.1 Å². The number of hydrogen-bond acceptors (Lipinski definition) is 4. The van der Waals surface area contributed by atoms with Gasteiger partial charge in [-0.15, -0.1) is 0 Å². The average Bonchev–Trinajstić information content (AvgIpc) is 3.17. The van der Waals surface area contributed by atoms with E-state index in [1.807, 2.05) is 35.9 Å². The first-order chi connectivity index (χ1) is 11.7. The van der Waals surface area contributed by atoms with Crippen molar-refractivity contribution in [3.63, 3.8) is 0 Å². The molecule has 0 saturated heterocycles. The Morgan fingerprint density at radius 2 is 2.04 bits per heavy atom. The predicted octanol–water partition coefficient (Wildman–Crippen LogP) is 2.62. The maximum atomic E-state index is 12.1. The van der Waals surface area contributed by atoms with Crippen LogP contribution in [0.15, 0.2) is 42.5 Å². The molecule has 0 saturated carbocycles. The summed E-state index contributed by atoms with van der Waals surface area (Å²) in [5, 5.41) is 5.58. The van der Waals surface area contributed by atoms with Gasteiger partial charge in [-0.1, -0.05) is 12.1 Å². The number of imidazole rings is 1. The Balaban J connectivity index is 1.42. The van der Waals surface area contributed by atoms with Crippen LogP contribution in [0.4, 0.5) is 10.5 Å². The van der Waals surface area contributed by atoms with Crippen molar-refractivity contribution in [2.24, 2.45) is 7.05 Å². The molecule has 7 heteroatoms. The van der Waals surface area contributed by atoms with E-state index >= 15 is 0 Å². The van der Waals surface area contributed by atoms with Crippen LogP contribution in [0.5, 0.6) is 11.5 Å². The molecule has 122 valence electrons. The van der Waals surface area contributed by atoms with Gasteiger partial charge in [-0.2, -0.15) is 0 Å². The minimum atomic E-state index is -0.305. The average molecular weight is 324 g/mol. The van der Waals surface area contributed by atoms with Crippen LogP contribution >= 0.6 is 0 Å². The summed E-state index contributed by atoms with van der Waals surface area (Å²) in [4.78, 5) is 16.6.